The topological polar surface area (TPSA) is 23.5 Å². The van der Waals surface area contributed by atoms with Crippen LogP contribution in [0.5, 0.6) is 5.75 Å². The number of halogens is 1. The molecule has 106 valence electrons. The summed E-state index contributed by atoms with van der Waals surface area (Å²) in [5.41, 5.74) is 1.28. The molecule has 0 spiro atoms. The number of phenolic OH excluding ortho intramolecular Hbond substituents is 1. The van der Waals surface area contributed by atoms with Crippen LogP contribution >= 0.6 is 0 Å². The summed E-state index contributed by atoms with van der Waals surface area (Å²) in [6, 6.07) is 4.46. The maximum Gasteiger partial charge on any atom is 0.126 e. The van der Waals surface area contributed by atoms with E-state index in [9.17, 15) is 9.50 Å². The van der Waals surface area contributed by atoms with Crippen LogP contribution in [0, 0.1) is 11.2 Å². The average Bonchev–Trinajstić information content (AvgIpc) is 2.39. The lowest BCUT2D eigenvalue weighted by Gasteiger charge is -2.41. The first-order valence-electron chi connectivity index (χ1n) is 7.18. The molecular formula is C16H24FNO. The average molecular weight is 265 g/mol. The SMILES string of the molecule is CCC1(C)CCN(C(C)c2ccc(F)cc2O)CC1. The summed E-state index contributed by atoms with van der Waals surface area (Å²) in [7, 11) is 0. The molecule has 1 aliphatic heterocycles. The normalized spacial score (nSPS) is 21.3. The number of piperidine rings is 1. The summed E-state index contributed by atoms with van der Waals surface area (Å²) in [6.45, 7) is 8.78. The van der Waals surface area contributed by atoms with Gasteiger partial charge in [-0.2, -0.15) is 0 Å². The van der Waals surface area contributed by atoms with E-state index in [0.29, 0.717) is 5.41 Å². The molecule has 1 fully saturated rings. The summed E-state index contributed by atoms with van der Waals surface area (Å²) in [5, 5.41) is 9.87. The third kappa shape index (κ3) is 3.08. The van der Waals surface area contributed by atoms with Gasteiger partial charge >= 0.3 is 0 Å². The number of benzene rings is 1. The third-order valence-corrected chi connectivity index (χ3v) is 4.85. The van der Waals surface area contributed by atoms with Crippen LogP contribution in [0.2, 0.25) is 0 Å². The molecule has 1 saturated heterocycles. The first-order valence-corrected chi connectivity index (χ1v) is 7.18. The number of nitrogens with zero attached hydrogens (tertiary/aromatic N) is 1. The van der Waals surface area contributed by atoms with Gasteiger partial charge in [-0.05, 0) is 44.3 Å². The molecule has 1 aromatic rings. The smallest absolute Gasteiger partial charge is 0.126 e. The lowest BCUT2D eigenvalue weighted by molar-refractivity contribution is 0.0855. The zero-order valence-corrected chi connectivity index (χ0v) is 12.1. The number of hydrogen-bond acceptors (Lipinski definition) is 2. The van der Waals surface area contributed by atoms with Gasteiger partial charge in [0.1, 0.15) is 11.6 Å². The van der Waals surface area contributed by atoms with Crippen molar-refractivity contribution < 1.29 is 9.50 Å². The molecule has 1 unspecified atom stereocenters. The van der Waals surface area contributed by atoms with E-state index in [2.05, 4.69) is 25.7 Å². The Morgan fingerprint density at radius 2 is 2.00 bits per heavy atom. The van der Waals surface area contributed by atoms with Crippen molar-refractivity contribution >= 4 is 0 Å². The Balaban J connectivity index is 2.07. The van der Waals surface area contributed by atoms with Crippen molar-refractivity contribution in [2.45, 2.75) is 46.1 Å². The predicted molar refractivity (Wildman–Crippen MR) is 75.7 cm³/mol. The number of hydrogen-bond donors (Lipinski definition) is 1. The second kappa shape index (κ2) is 5.49. The summed E-state index contributed by atoms with van der Waals surface area (Å²) < 4.78 is 13.0. The lowest BCUT2D eigenvalue weighted by atomic mass is 9.78. The Kier molecular flexibility index (Phi) is 4.14. The zero-order valence-electron chi connectivity index (χ0n) is 12.1. The standard InChI is InChI=1S/C16H24FNO/c1-4-16(3)7-9-18(10-8-16)12(2)14-6-5-13(17)11-15(14)19/h5-6,11-12,19H,4,7-10H2,1-3H3. The van der Waals surface area contributed by atoms with Crippen LogP contribution in [0.25, 0.3) is 0 Å². The van der Waals surface area contributed by atoms with Gasteiger partial charge in [0.25, 0.3) is 0 Å². The van der Waals surface area contributed by atoms with E-state index in [1.54, 1.807) is 6.07 Å². The van der Waals surface area contributed by atoms with Crippen molar-refractivity contribution in [3.8, 4) is 5.75 Å². The van der Waals surface area contributed by atoms with Crippen molar-refractivity contribution in [3.63, 3.8) is 0 Å². The Labute approximate surface area is 115 Å². The summed E-state index contributed by atoms with van der Waals surface area (Å²) in [5.74, 6) is -0.318. The van der Waals surface area contributed by atoms with Crippen molar-refractivity contribution in [2.75, 3.05) is 13.1 Å². The van der Waals surface area contributed by atoms with Gasteiger partial charge in [-0.3, -0.25) is 4.90 Å². The number of likely N-dealkylation sites (tertiary alicyclic amines) is 1. The van der Waals surface area contributed by atoms with E-state index in [4.69, 9.17) is 0 Å². The van der Waals surface area contributed by atoms with E-state index < -0.39 is 0 Å². The second-order valence-electron chi connectivity index (χ2n) is 6.08. The molecule has 0 radical (unpaired) electrons. The molecule has 0 saturated carbocycles. The van der Waals surface area contributed by atoms with Gasteiger partial charge in [-0.25, -0.2) is 4.39 Å². The van der Waals surface area contributed by atoms with Gasteiger partial charge in [-0.1, -0.05) is 26.3 Å². The highest BCUT2D eigenvalue weighted by Crippen LogP contribution is 2.38. The van der Waals surface area contributed by atoms with Crippen molar-refractivity contribution in [3.05, 3.63) is 29.6 Å². The predicted octanol–water partition coefficient (Wildman–Crippen LogP) is 4.10. The largest absolute Gasteiger partial charge is 0.508 e. The maximum atomic E-state index is 13.0. The van der Waals surface area contributed by atoms with E-state index in [0.717, 1.165) is 18.7 Å². The lowest BCUT2D eigenvalue weighted by Crippen LogP contribution is -2.39. The molecule has 0 aliphatic carbocycles. The zero-order chi connectivity index (χ0) is 14.0. The van der Waals surface area contributed by atoms with Gasteiger partial charge in [0.2, 0.25) is 0 Å². The molecule has 2 rings (SSSR count). The van der Waals surface area contributed by atoms with Crippen molar-refractivity contribution in [1.29, 1.82) is 0 Å². The molecule has 3 heteroatoms. The fourth-order valence-corrected chi connectivity index (χ4v) is 2.87. The molecule has 1 aromatic carbocycles. The minimum absolute atomic E-state index is 0.0660. The summed E-state index contributed by atoms with van der Waals surface area (Å²) in [6.07, 6.45) is 3.60. The van der Waals surface area contributed by atoms with Crippen LogP contribution < -0.4 is 0 Å². The van der Waals surface area contributed by atoms with Gasteiger partial charge in [0.15, 0.2) is 0 Å². The highest BCUT2D eigenvalue weighted by molar-refractivity contribution is 5.35. The highest BCUT2D eigenvalue weighted by Gasteiger charge is 2.31. The number of aromatic hydroxyl groups is 1. The van der Waals surface area contributed by atoms with Gasteiger partial charge in [0, 0.05) is 17.7 Å². The van der Waals surface area contributed by atoms with E-state index in [1.165, 1.54) is 31.4 Å². The summed E-state index contributed by atoms with van der Waals surface area (Å²) >= 11 is 0. The Morgan fingerprint density at radius 1 is 1.37 bits per heavy atom. The molecule has 0 bridgehead atoms. The Bertz CT molecular complexity index is 438. The quantitative estimate of drug-likeness (QED) is 0.889. The molecule has 19 heavy (non-hydrogen) atoms. The Hall–Kier alpha value is -1.09. The highest BCUT2D eigenvalue weighted by atomic mass is 19.1. The fourth-order valence-electron chi connectivity index (χ4n) is 2.87. The molecular weight excluding hydrogens is 241 g/mol. The first kappa shape index (κ1) is 14.3. The van der Waals surface area contributed by atoms with Crippen molar-refractivity contribution in [2.24, 2.45) is 5.41 Å². The van der Waals surface area contributed by atoms with E-state index in [1.807, 2.05) is 0 Å². The molecule has 1 atom stereocenters. The molecule has 1 N–H and O–H groups in total. The molecule has 1 aliphatic rings. The second-order valence-corrected chi connectivity index (χ2v) is 6.08. The monoisotopic (exact) mass is 265 g/mol. The van der Waals surface area contributed by atoms with Crippen LogP contribution in [0.1, 0.15) is 51.6 Å². The Morgan fingerprint density at radius 3 is 2.53 bits per heavy atom. The fraction of sp³-hybridized carbons (Fsp3) is 0.625. The van der Waals surface area contributed by atoms with Crippen LogP contribution in [-0.2, 0) is 0 Å². The molecule has 2 nitrogen and oxygen atoms in total. The van der Waals surface area contributed by atoms with E-state index in [-0.39, 0.29) is 17.6 Å². The number of rotatable bonds is 3. The van der Waals surface area contributed by atoms with Crippen LogP contribution in [0.3, 0.4) is 0 Å². The first-order chi connectivity index (χ1) is 8.95. The van der Waals surface area contributed by atoms with Gasteiger partial charge in [-0.15, -0.1) is 0 Å². The minimum atomic E-state index is -0.384. The van der Waals surface area contributed by atoms with Gasteiger partial charge < -0.3 is 5.11 Å². The molecule has 0 aromatic heterocycles. The minimum Gasteiger partial charge on any atom is -0.508 e. The molecule has 1 heterocycles. The molecule has 0 amide bonds. The van der Waals surface area contributed by atoms with Crippen LogP contribution in [0.15, 0.2) is 18.2 Å². The third-order valence-electron chi connectivity index (χ3n) is 4.85. The van der Waals surface area contributed by atoms with E-state index >= 15 is 0 Å². The maximum absolute atomic E-state index is 13.0. The van der Waals surface area contributed by atoms with Crippen molar-refractivity contribution in [1.82, 2.24) is 4.90 Å². The number of phenols is 1. The van der Waals surface area contributed by atoms with Crippen LogP contribution in [-0.4, -0.2) is 23.1 Å². The van der Waals surface area contributed by atoms with Crippen LogP contribution in [0.4, 0.5) is 4.39 Å². The van der Waals surface area contributed by atoms with Gasteiger partial charge in [0.05, 0.1) is 0 Å². The summed E-state index contributed by atoms with van der Waals surface area (Å²) in [4.78, 5) is 2.38.